The number of ether oxygens (including phenoxy) is 2. The van der Waals surface area contributed by atoms with Crippen LogP contribution in [0.5, 0.6) is 0 Å². The summed E-state index contributed by atoms with van der Waals surface area (Å²) in [6.07, 6.45) is 0. The van der Waals surface area contributed by atoms with Crippen LogP contribution in [0, 0.1) is 13.3 Å². The average molecular weight is 1190 g/mol. The molecule has 0 aliphatic carbocycles. The molecule has 2 fully saturated rings. The van der Waals surface area contributed by atoms with E-state index in [9.17, 15) is 9.59 Å². The second kappa shape index (κ2) is 15.5. The number of carbonyl (C=O) groups excluding carboxylic acids is 2. The Bertz CT molecular complexity index is 2350. The van der Waals surface area contributed by atoms with Gasteiger partial charge in [-0.3, -0.25) is 0 Å². The minimum absolute atomic E-state index is 0. The molecule has 0 radical (unpaired) electrons. The Labute approximate surface area is 367 Å². The van der Waals surface area contributed by atoms with Crippen LogP contribution in [-0.4, -0.2) is 25.2 Å². The number of nitrogens with zero attached hydrogens (tertiary/aromatic N) is 4. The summed E-state index contributed by atoms with van der Waals surface area (Å²) in [5.74, 6) is -0.567. The van der Waals surface area contributed by atoms with E-state index in [1.54, 1.807) is 0 Å². The normalized spacial score (nSPS) is 23.7. The van der Waals surface area contributed by atoms with Crippen molar-refractivity contribution in [1.82, 2.24) is 18.4 Å². The number of hydrogen-bond donors (Lipinski definition) is 0. The topological polar surface area (TPSA) is 52.6 Å². The van der Waals surface area contributed by atoms with Crippen LogP contribution in [0.1, 0.15) is 56.8 Å². The van der Waals surface area contributed by atoms with Gasteiger partial charge in [0.2, 0.25) is 22.7 Å². The van der Waals surface area contributed by atoms with E-state index in [1.165, 1.54) is 55.8 Å². The van der Waals surface area contributed by atoms with E-state index in [2.05, 4.69) is 154 Å². The summed E-state index contributed by atoms with van der Waals surface area (Å²) in [6.45, 7) is 12.6. The molecule has 4 aliphatic rings. The molecule has 4 unspecified atom stereocenters. The van der Waals surface area contributed by atoms with E-state index in [-0.39, 0.29) is 34.3 Å². The zero-order valence-corrected chi connectivity index (χ0v) is 37.4. The third kappa shape index (κ3) is 6.19. The Morgan fingerprint density at radius 1 is 0.509 bits per heavy atom. The van der Waals surface area contributed by atoms with Crippen LogP contribution >= 0.6 is 13.0 Å². The van der Waals surface area contributed by atoms with Gasteiger partial charge in [-0.25, -0.2) is 28.0 Å². The van der Waals surface area contributed by atoms with E-state index in [0.717, 1.165) is 44.5 Å². The third-order valence-electron chi connectivity index (χ3n) is 12.0. The van der Waals surface area contributed by atoms with E-state index < -0.39 is 0 Å². The molecule has 4 aliphatic heterocycles. The maximum absolute atomic E-state index is 12.3. The maximum atomic E-state index is 12.3. The molecule has 0 bridgehead atoms. The van der Waals surface area contributed by atoms with Crippen LogP contribution in [0.2, 0.25) is 0 Å². The van der Waals surface area contributed by atoms with Crippen LogP contribution in [0.3, 0.4) is 0 Å². The number of halogens is 1. The van der Waals surface area contributed by atoms with Gasteiger partial charge >= 0.3 is 66.3 Å². The second-order valence-corrected chi connectivity index (χ2v) is 14.9. The molecule has 11 heteroatoms. The molecular weight excluding hydrogens is 1150 g/mol. The van der Waals surface area contributed by atoms with Gasteiger partial charge in [0.1, 0.15) is 26.2 Å². The zero-order chi connectivity index (χ0) is 38.7. The van der Waals surface area contributed by atoms with Crippen LogP contribution in [0.4, 0.5) is 22.7 Å². The number of benzene rings is 6. The zero-order valence-electron chi connectivity index (χ0n) is 31.5. The van der Waals surface area contributed by atoms with E-state index in [4.69, 9.17) is 9.47 Å². The van der Waals surface area contributed by atoms with Gasteiger partial charge in [0, 0.05) is 46.5 Å². The van der Waals surface area contributed by atoms with Gasteiger partial charge in [-0.15, -0.1) is 0 Å². The SMILES string of the molecule is CCOC(=O)c1ccc(C[N+]23[CH-][N+]2(Cc2cccc4cccc(C[N+]56[CH-][N+]5(Cc5ccc(C(=O)OCC)cc5)c5ccccc56)c24)c2ccccc23)cc1.[Au+].[Br][Au]. The summed E-state index contributed by atoms with van der Waals surface area (Å²) < 4.78 is 13.5. The Kier molecular flexibility index (Phi) is 10.9. The molecule has 8 nitrogen and oxygen atoms in total. The Morgan fingerprint density at radius 3 is 1.21 bits per heavy atom. The number of rotatable bonds is 12. The predicted octanol–water partition coefficient (Wildman–Crippen LogP) is 10.2. The summed E-state index contributed by atoms with van der Waals surface area (Å²) in [7, 11) is 0. The molecule has 296 valence electrons. The summed E-state index contributed by atoms with van der Waals surface area (Å²) in [5.41, 5.74) is 11.6. The van der Waals surface area contributed by atoms with E-state index >= 15 is 0 Å². The quantitative estimate of drug-likeness (QED) is 0.0403. The van der Waals surface area contributed by atoms with Crippen LogP contribution < -0.4 is 18.4 Å². The van der Waals surface area contributed by atoms with Crippen molar-refractivity contribution in [2.45, 2.75) is 40.0 Å². The molecule has 0 N–H and O–H groups in total. The first kappa shape index (κ1) is 40.1. The van der Waals surface area contributed by atoms with Crippen molar-refractivity contribution < 1.29 is 60.4 Å². The summed E-state index contributed by atoms with van der Waals surface area (Å²) in [5, 5.41) is 2.59. The van der Waals surface area contributed by atoms with Gasteiger partial charge in [0.15, 0.2) is 13.3 Å². The summed E-state index contributed by atoms with van der Waals surface area (Å²) in [6, 6.07) is 47.0. The van der Waals surface area contributed by atoms with E-state index in [1.807, 2.05) is 38.1 Å². The third-order valence-corrected chi connectivity index (χ3v) is 12.0. The number of carbonyl (C=O) groups is 2. The molecule has 4 atom stereocenters. The molecule has 10 rings (SSSR count). The molecule has 0 spiro atoms. The van der Waals surface area contributed by atoms with Crippen molar-refractivity contribution in [2.75, 3.05) is 13.2 Å². The molecule has 0 aromatic heterocycles. The van der Waals surface area contributed by atoms with Gasteiger partial charge in [-0.1, -0.05) is 84.9 Å². The van der Waals surface area contributed by atoms with Crippen molar-refractivity contribution in [2.24, 2.45) is 0 Å². The number of hydrogen-bond acceptors (Lipinski definition) is 4. The first-order valence-corrected chi connectivity index (χ1v) is 23.7. The van der Waals surface area contributed by atoms with Gasteiger partial charge in [0.05, 0.1) is 24.3 Å². The summed E-state index contributed by atoms with van der Waals surface area (Å²) in [4.78, 5) is 24.7. The van der Waals surface area contributed by atoms with Crippen molar-refractivity contribution in [3.05, 3.63) is 180 Å². The molecule has 4 heterocycles. The second-order valence-electron chi connectivity index (χ2n) is 14.9. The Morgan fingerprint density at radius 2 is 0.860 bits per heavy atom. The molecule has 6 aromatic rings. The molecule has 2 saturated heterocycles. The Balaban J connectivity index is 0.00000149. The van der Waals surface area contributed by atoms with Gasteiger partial charge in [-0.2, -0.15) is 0 Å². The predicted molar refractivity (Wildman–Crippen MR) is 221 cm³/mol. The van der Waals surface area contributed by atoms with Crippen molar-refractivity contribution in [1.29, 1.82) is 0 Å². The fraction of sp³-hybridized carbons (Fsp3) is 0.174. The van der Waals surface area contributed by atoms with Gasteiger partial charge < -0.3 is 9.47 Å². The van der Waals surface area contributed by atoms with Gasteiger partial charge in [-0.05, 0) is 48.9 Å². The van der Waals surface area contributed by atoms with Gasteiger partial charge in [0.25, 0.3) is 0 Å². The summed E-state index contributed by atoms with van der Waals surface area (Å²) >= 11 is 4.97. The first-order valence-electron chi connectivity index (χ1n) is 19.0. The number of fused-ring (bicyclic) bond motifs is 9. The van der Waals surface area contributed by atoms with Crippen LogP contribution in [-0.2, 0) is 77.0 Å². The fourth-order valence-corrected chi connectivity index (χ4v) is 9.52. The minimum atomic E-state index is -0.284. The molecule has 0 amide bonds. The standard InChI is InChI=1S/C46H42N4O4.2Au.BrH/c1-3-53-45(51)36-23-19-33(20-24-36)27-47-31-49(47,42-17-7-5-15-40(42)47)29-38-13-9-11-35-12-10-14-39(44(35)38)30-50-32-48(50,41-16-6-8-18-43(41)50)28-34-21-25-37(26-22-34)46(52)54-4-2;;;/h5-26,31-32H,3-4,27-30H2,1-2H3;;;1H/q+2;2*+1;/p-1. The molecular formula is C46H42Au2BrN4O4+3. The first-order chi connectivity index (χ1) is 27.4. The molecule has 0 saturated carbocycles. The Hall–Kier alpha value is -3.68. The van der Waals surface area contributed by atoms with Crippen molar-refractivity contribution in [3.63, 3.8) is 0 Å². The van der Waals surface area contributed by atoms with Crippen molar-refractivity contribution in [3.8, 4) is 0 Å². The molecule has 6 aromatic carbocycles. The monoisotopic (exact) mass is 1190 g/mol. The fourth-order valence-electron chi connectivity index (χ4n) is 9.52. The van der Waals surface area contributed by atoms with Crippen molar-refractivity contribution >= 4 is 58.5 Å². The number of quaternary nitrogens is 4. The number of esters is 2. The van der Waals surface area contributed by atoms with Crippen LogP contribution in [0.25, 0.3) is 10.8 Å². The van der Waals surface area contributed by atoms with E-state index in [0.29, 0.717) is 24.3 Å². The molecule has 57 heavy (non-hydrogen) atoms. The van der Waals surface area contributed by atoms with Crippen LogP contribution in [0.15, 0.2) is 133 Å². The average Bonchev–Trinajstić information content (AvgIpc) is 4.02. The number of para-hydroxylation sites is 4.